The minimum absolute atomic E-state index is 0.0299. The van der Waals surface area contributed by atoms with Crippen LogP contribution in [0.2, 0.25) is 0 Å². The van der Waals surface area contributed by atoms with Crippen LogP contribution in [0.5, 0.6) is 0 Å². The molecule has 1 fully saturated rings. The number of hydrogen-bond acceptors (Lipinski definition) is 5. The Morgan fingerprint density at radius 3 is 3.17 bits per heavy atom. The maximum atomic E-state index is 11.9. The fourth-order valence-corrected chi connectivity index (χ4v) is 3.40. The van der Waals surface area contributed by atoms with Crippen LogP contribution in [0.25, 0.3) is 0 Å². The van der Waals surface area contributed by atoms with Gasteiger partial charge in [-0.15, -0.1) is 11.3 Å². The molecule has 0 aliphatic carbocycles. The first-order chi connectivity index (χ1) is 8.83. The molecule has 4 nitrogen and oxygen atoms in total. The molecule has 18 heavy (non-hydrogen) atoms. The Balaban J connectivity index is 1.58. The third kappa shape index (κ3) is 2.39. The zero-order chi connectivity index (χ0) is 12.4. The van der Waals surface area contributed by atoms with E-state index in [9.17, 15) is 4.79 Å². The summed E-state index contributed by atoms with van der Waals surface area (Å²) in [5, 5.41) is 9.90. The molecule has 1 aliphatic heterocycles. The molecule has 2 aromatic rings. The van der Waals surface area contributed by atoms with Crippen molar-refractivity contribution in [3.05, 3.63) is 34.0 Å². The standard InChI is InChI=1S/C12H13N3OS2/c16-11(9-2-5-17-8-9)14-10-1-4-15(7-10)12-13-3-6-18-12/h2-3,5-6,8,10H,1,4,7H2,(H,14,16)/t10-/m1/s1. The van der Waals surface area contributed by atoms with E-state index >= 15 is 0 Å². The summed E-state index contributed by atoms with van der Waals surface area (Å²) in [4.78, 5) is 18.4. The molecule has 2 aromatic heterocycles. The van der Waals surface area contributed by atoms with Crippen LogP contribution in [0, 0.1) is 0 Å². The normalized spacial score (nSPS) is 19.1. The van der Waals surface area contributed by atoms with Crippen LogP contribution in [-0.2, 0) is 0 Å². The highest BCUT2D eigenvalue weighted by Crippen LogP contribution is 2.22. The van der Waals surface area contributed by atoms with E-state index in [1.165, 1.54) is 0 Å². The van der Waals surface area contributed by atoms with E-state index in [-0.39, 0.29) is 11.9 Å². The number of rotatable bonds is 3. The predicted molar refractivity (Wildman–Crippen MR) is 74.5 cm³/mol. The number of thiazole rings is 1. The van der Waals surface area contributed by atoms with E-state index in [0.29, 0.717) is 0 Å². The highest BCUT2D eigenvalue weighted by Gasteiger charge is 2.25. The number of anilines is 1. The quantitative estimate of drug-likeness (QED) is 0.937. The first kappa shape index (κ1) is 11.7. The molecule has 1 atom stereocenters. The fourth-order valence-electron chi connectivity index (χ4n) is 2.09. The van der Waals surface area contributed by atoms with Gasteiger partial charge in [-0.3, -0.25) is 4.79 Å². The number of hydrogen-bond donors (Lipinski definition) is 1. The monoisotopic (exact) mass is 279 g/mol. The van der Waals surface area contributed by atoms with Crippen LogP contribution in [0.3, 0.4) is 0 Å². The summed E-state index contributed by atoms with van der Waals surface area (Å²) >= 11 is 3.19. The van der Waals surface area contributed by atoms with E-state index < -0.39 is 0 Å². The molecule has 3 heterocycles. The van der Waals surface area contributed by atoms with Gasteiger partial charge in [-0.25, -0.2) is 4.98 Å². The number of amides is 1. The van der Waals surface area contributed by atoms with Crippen molar-refractivity contribution in [1.29, 1.82) is 0 Å². The highest BCUT2D eigenvalue weighted by atomic mass is 32.1. The van der Waals surface area contributed by atoms with Gasteiger partial charge in [0.25, 0.3) is 5.91 Å². The van der Waals surface area contributed by atoms with Gasteiger partial charge >= 0.3 is 0 Å². The number of carbonyl (C=O) groups excluding carboxylic acids is 1. The third-order valence-corrected chi connectivity index (χ3v) is 4.51. The Labute approximate surface area is 113 Å². The Kier molecular flexibility index (Phi) is 3.29. The van der Waals surface area contributed by atoms with E-state index in [0.717, 1.165) is 30.2 Å². The molecular weight excluding hydrogens is 266 g/mol. The number of nitrogens with one attached hydrogen (secondary N) is 1. The molecular formula is C12H13N3OS2. The van der Waals surface area contributed by atoms with Gasteiger partial charge in [0.15, 0.2) is 5.13 Å². The van der Waals surface area contributed by atoms with Crippen molar-refractivity contribution in [2.24, 2.45) is 0 Å². The molecule has 1 saturated heterocycles. The van der Waals surface area contributed by atoms with Crippen molar-refractivity contribution >= 4 is 33.7 Å². The van der Waals surface area contributed by atoms with E-state index in [2.05, 4.69) is 15.2 Å². The summed E-state index contributed by atoms with van der Waals surface area (Å²) in [5.41, 5.74) is 0.757. The van der Waals surface area contributed by atoms with Crippen LogP contribution in [0.15, 0.2) is 28.4 Å². The summed E-state index contributed by atoms with van der Waals surface area (Å²) in [6.45, 7) is 1.81. The maximum absolute atomic E-state index is 11.9. The lowest BCUT2D eigenvalue weighted by Gasteiger charge is -2.15. The molecule has 0 aromatic carbocycles. The van der Waals surface area contributed by atoms with Crippen LogP contribution in [0.1, 0.15) is 16.8 Å². The first-order valence-electron chi connectivity index (χ1n) is 5.80. The minimum atomic E-state index is 0.0299. The number of aromatic nitrogens is 1. The molecule has 94 valence electrons. The molecule has 0 unspecified atom stereocenters. The van der Waals surface area contributed by atoms with E-state index in [1.807, 2.05) is 28.4 Å². The number of nitrogens with zero attached hydrogens (tertiary/aromatic N) is 2. The second kappa shape index (κ2) is 5.07. The molecule has 1 aliphatic rings. The SMILES string of the molecule is O=C(N[C@@H]1CCN(c2nccs2)C1)c1ccsc1. The van der Waals surface area contributed by atoms with Gasteiger partial charge in [-0.1, -0.05) is 0 Å². The van der Waals surface area contributed by atoms with Gasteiger partial charge in [-0.2, -0.15) is 11.3 Å². The maximum Gasteiger partial charge on any atom is 0.252 e. The summed E-state index contributed by atoms with van der Waals surface area (Å²) in [6, 6.07) is 2.08. The first-order valence-corrected chi connectivity index (χ1v) is 7.62. The van der Waals surface area contributed by atoms with Crippen LogP contribution < -0.4 is 10.2 Å². The zero-order valence-corrected chi connectivity index (χ0v) is 11.3. The summed E-state index contributed by atoms with van der Waals surface area (Å²) in [7, 11) is 0. The highest BCUT2D eigenvalue weighted by molar-refractivity contribution is 7.13. The fraction of sp³-hybridized carbons (Fsp3) is 0.333. The molecule has 1 N–H and O–H groups in total. The lowest BCUT2D eigenvalue weighted by Crippen LogP contribution is -2.36. The average Bonchev–Trinajstić information content (AvgIpc) is 3.12. The predicted octanol–water partition coefficient (Wildman–Crippen LogP) is 2.21. The zero-order valence-electron chi connectivity index (χ0n) is 9.70. The van der Waals surface area contributed by atoms with Gasteiger partial charge in [0.1, 0.15) is 0 Å². The topological polar surface area (TPSA) is 45.2 Å². The van der Waals surface area contributed by atoms with Crippen molar-refractivity contribution in [2.45, 2.75) is 12.5 Å². The lowest BCUT2D eigenvalue weighted by atomic mass is 10.2. The van der Waals surface area contributed by atoms with Gasteiger partial charge in [0.05, 0.1) is 0 Å². The van der Waals surface area contributed by atoms with Crippen molar-refractivity contribution in [3.63, 3.8) is 0 Å². The van der Waals surface area contributed by atoms with Gasteiger partial charge in [0, 0.05) is 41.7 Å². The van der Waals surface area contributed by atoms with Gasteiger partial charge < -0.3 is 10.2 Å². The summed E-state index contributed by atoms with van der Waals surface area (Å²) < 4.78 is 0. The van der Waals surface area contributed by atoms with E-state index in [4.69, 9.17) is 0 Å². The molecule has 6 heteroatoms. The smallest absolute Gasteiger partial charge is 0.252 e. The Hall–Kier alpha value is -1.40. The third-order valence-electron chi connectivity index (χ3n) is 3.00. The Morgan fingerprint density at radius 1 is 1.50 bits per heavy atom. The van der Waals surface area contributed by atoms with Gasteiger partial charge in [0.2, 0.25) is 0 Å². The Bertz CT molecular complexity index is 509. The number of carbonyl (C=O) groups is 1. The van der Waals surface area contributed by atoms with Gasteiger partial charge in [-0.05, 0) is 17.9 Å². The average molecular weight is 279 g/mol. The molecule has 0 saturated carbocycles. The van der Waals surface area contributed by atoms with E-state index in [1.54, 1.807) is 22.7 Å². The minimum Gasteiger partial charge on any atom is -0.347 e. The lowest BCUT2D eigenvalue weighted by molar-refractivity contribution is 0.0941. The molecule has 0 radical (unpaired) electrons. The largest absolute Gasteiger partial charge is 0.347 e. The number of thiophene rings is 1. The van der Waals surface area contributed by atoms with Crippen molar-refractivity contribution in [1.82, 2.24) is 10.3 Å². The molecule has 1 amide bonds. The van der Waals surface area contributed by atoms with Crippen LogP contribution in [-0.4, -0.2) is 30.0 Å². The van der Waals surface area contributed by atoms with Crippen molar-refractivity contribution in [2.75, 3.05) is 18.0 Å². The second-order valence-corrected chi connectivity index (χ2v) is 5.88. The Morgan fingerprint density at radius 2 is 2.44 bits per heavy atom. The summed E-state index contributed by atoms with van der Waals surface area (Å²) in [6.07, 6.45) is 2.80. The van der Waals surface area contributed by atoms with Crippen LogP contribution >= 0.6 is 22.7 Å². The molecule has 0 bridgehead atoms. The molecule has 3 rings (SSSR count). The molecule has 0 spiro atoms. The van der Waals surface area contributed by atoms with Crippen molar-refractivity contribution < 1.29 is 4.79 Å². The van der Waals surface area contributed by atoms with Crippen LogP contribution in [0.4, 0.5) is 5.13 Å². The second-order valence-electron chi connectivity index (χ2n) is 4.23. The van der Waals surface area contributed by atoms with Crippen molar-refractivity contribution in [3.8, 4) is 0 Å². The summed E-state index contributed by atoms with van der Waals surface area (Å²) in [5.74, 6) is 0.0299.